The fourth-order valence-electron chi connectivity index (χ4n) is 2.75. The first-order valence-electron chi connectivity index (χ1n) is 6.65. The Balaban J connectivity index is 2.07. The SMILES string of the molecule is C=C/C(NN)=C(/N)c1ccc2c(c1)Cc1cc(Cl)ccc1-2. The summed E-state index contributed by atoms with van der Waals surface area (Å²) in [5.41, 5.74) is 15.8. The molecule has 106 valence electrons. The number of benzene rings is 2. The monoisotopic (exact) mass is 297 g/mol. The summed E-state index contributed by atoms with van der Waals surface area (Å²) in [6.07, 6.45) is 2.48. The third kappa shape index (κ3) is 2.31. The molecule has 0 saturated heterocycles. The van der Waals surface area contributed by atoms with Gasteiger partial charge in [-0.1, -0.05) is 36.4 Å². The van der Waals surface area contributed by atoms with Gasteiger partial charge in [0.2, 0.25) is 0 Å². The van der Waals surface area contributed by atoms with Gasteiger partial charge < -0.3 is 11.2 Å². The average Bonchev–Trinajstić information content (AvgIpc) is 2.84. The molecule has 0 aromatic heterocycles. The second-order valence-corrected chi connectivity index (χ2v) is 5.46. The number of rotatable bonds is 3. The van der Waals surface area contributed by atoms with E-state index in [9.17, 15) is 0 Å². The smallest absolute Gasteiger partial charge is 0.0716 e. The van der Waals surface area contributed by atoms with Crippen LogP contribution in [0.3, 0.4) is 0 Å². The first kappa shape index (κ1) is 13.7. The van der Waals surface area contributed by atoms with Gasteiger partial charge in [-0.15, -0.1) is 0 Å². The van der Waals surface area contributed by atoms with E-state index >= 15 is 0 Å². The van der Waals surface area contributed by atoms with Crippen molar-refractivity contribution in [3.8, 4) is 11.1 Å². The third-order valence-electron chi connectivity index (χ3n) is 3.80. The number of nitrogens with one attached hydrogen (secondary N) is 1. The summed E-state index contributed by atoms with van der Waals surface area (Å²) in [7, 11) is 0. The predicted octanol–water partition coefficient (Wildman–Crippen LogP) is 3.19. The number of hydrogen-bond acceptors (Lipinski definition) is 3. The van der Waals surface area contributed by atoms with E-state index in [0.29, 0.717) is 11.4 Å². The van der Waals surface area contributed by atoms with Crippen molar-refractivity contribution in [3.05, 3.63) is 76.5 Å². The minimum absolute atomic E-state index is 0.587. The Hall–Kier alpha value is -2.23. The maximum atomic E-state index is 6.13. The normalized spacial score (nSPS) is 13.2. The Kier molecular flexibility index (Phi) is 3.45. The van der Waals surface area contributed by atoms with E-state index in [0.717, 1.165) is 17.0 Å². The molecule has 0 saturated carbocycles. The van der Waals surface area contributed by atoms with Crippen LogP contribution in [0.1, 0.15) is 16.7 Å². The van der Waals surface area contributed by atoms with Gasteiger partial charge in [-0.2, -0.15) is 0 Å². The van der Waals surface area contributed by atoms with Gasteiger partial charge in [0.05, 0.1) is 11.4 Å². The lowest BCUT2D eigenvalue weighted by Crippen LogP contribution is -2.23. The van der Waals surface area contributed by atoms with E-state index in [4.69, 9.17) is 23.2 Å². The summed E-state index contributed by atoms with van der Waals surface area (Å²) in [5, 5.41) is 0.766. The lowest BCUT2D eigenvalue weighted by Gasteiger charge is -2.09. The molecular weight excluding hydrogens is 282 g/mol. The Bertz CT molecular complexity index is 763. The van der Waals surface area contributed by atoms with Crippen molar-refractivity contribution >= 4 is 17.3 Å². The zero-order valence-electron chi connectivity index (χ0n) is 11.5. The standard InChI is InChI=1S/C17H16ClN3/c1-2-16(21-20)17(19)10-3-5-14-11(7-10)8-12-9-13(18)4-6-15(12)14/h2-7,9,21H,1,8,19-20H2/b17-16-. The van der Waals surface area contributed by atoms with Crippen LogP contribution in [0.2, 0.25) is 5.02 Å². The number of halogens is 1. The zero-order valence-corrected chi connectivity index (χ0v) is 12.2. The third-order valence-corrected chi connectivity index (χ3v) is 4.04. The molecule has 21 heavy (non-hydrogen) atoms. The molecule has 0 bridgehead atoms. The van der Waals surface area contributed by atoms with Crippen molar-refractivity contribution < 1.29 is 0 Å². The Morgan fingerprint density at radius 1 is 1.14 bits per heavy atom. The quantitative estimate of drug-likeness (QED) is 0.395. The molecule has 0 fully saturated rings. The molecule has 0 amide bonds. The minimum atomic E-state index is 0.587. The molecule has 0 radical (unpaired) electrons. The fraction of sp³-hybridized carbons (Fsp3) is 0.0588. The van der Waals surface area contributed by atoms with Crippen LogP contribution in [0.25, 0.3) is 16.8 Å². The summed E-state index contributed by atoms with van der Waals surface area (Å²) < 4.78 is 0. The van der Waals surface area contributed by atoms with Crippen LogP contribution >= 0.6 is 11.6 Å². The average molecular weight is 298 g/mol. The summed E-state index contributed by atoms with van der Waals surface area (Å²) in [6, 6.07) is 12.2. The molecule has 1 aliphatic carbocycles. The van der Waals surface area contributed by atoms with Crippen LogP contribution in [-0.2, 0) is 6.42 Å². The van der Waals surface area contributed by atoms with Crippen molar-refractivity contribution in [1.29, 1.82) is 0 Å². The first-order valence-corrected chi connectivity index (χ1v) is 7.02. The highest BCUT2D eigenvalue weighted by molar-refractivity contribution is 6.30. The van der Waals surface area contributed by atoms with Crippen molar-refractivity contribution in [3.63, 3.8) is 0 Å². The van der Waals surface area contributed by atoms with Crippen LogP contribution in [0.15, 0.2) is 54.8 Å². The molecule has 0 aliphatic heterocycles. The van der Waals surface area contributed by atoms with Gasteiger partial charge in [0.1, 0.15) is 0 Å². The van der Waals surface area contributed by atoms with E-state index in [1.165, 1.54) is 22.3 Å². The van der Waals surface area contributed by atoms with Crippen molar-refractivity contribution in [1.82, 2.24) is 5.43 Å². The van der Waals surface area contributed by atoms with E-state index in [2.05, 4.69) is 30.2 Å². The summed E-state index contributed by atoms with van der Waals surface area (Å²) in [5.74, 6) is 5.45. The maximum Gasteiger partial charge on any atom is 0.0716 e. The highest BCUT2D eigenvalue weighted by atomic mass is 35.5. The molecule has 3 nitrogen and oxygen atoms in total. The van der Waals surface area contributed by atoms with Crippen molar-refractivity contribution in [2.45, 2.75) is 6.42 Å². The van der Waals surface area contributed by atoms with Gasteiger partial charge >= 0.3 is 0 Å². The molecule has 3 rings (SSSR count). The molecule has 2 aromatic carbocycles. The number of hydrazine groups is 1. The molecule has 2 aromatic rings. The lowest BCUT2D eigenvalue weighted by molar-refractivity contribution is 0.917. The van der Waals surface area contributed by atoms with Crippen LogP contribution in [-0.4, -0.2) is 0 Å². The Morgan fingerprint density at radius 3 is 2.48 bits per heavy atom. The molecule has 1 aliphatic rings. The first-order chi connectivity index (χ1) is 10.1. The molecule has 5 N–H and O–H groups in total. The van der Waals surface area contributed by atoms with E-state index in [-0.39, 0.29) is 0 Å². The number of nitrogens with two attached hydrogens (primary N) is 2. The molecule has 4 heteroatoms. The minimum Gasteiger partial charge on any atom is -0.397 e. The van der Waals surface area contributed by atoms with Gasteiger partial charge in [-0.25, -0.2) is 0 Å². The van der Waals surface area contributed by atoms with E-state index in [1.54, 1.807) is 6.08 Å². The van der Waals surface area contributed by atoms with Crippen LogP contribution in [0, 0.1) is 0 Å². The van der Waals surface area contributed by atoms with Crippen molar-refractivity contribution in [2.75, 3.05) is 0 Å². The van der Waals surface area contributed by atoms with Gasteiger partial charge in [0.15, 0.2) is 0 Å². The number of allylic oxidation sites excluding steroid dienone is 1. The van der Waals surface area contributed by atoms with Gasteiger partial charge in [0, 0.05) is 5.02 Å². The molecular formula is C17H16ClN3. The summed E-state index contributed by atoms with van der Waals surface area (Å²) in [4.78, 5) is 0. The fourth-order valence-corrected chi connectivity index (χ4v) is 2.94. The van der Waals surface area contributed by atoms with E-state index < -0.39 is 0 Å². The largest absolute Gasteiger partial charge is 0.397 e. The van der Waals surface area contributed by atoms with Crippen molar-refractivity contribution in [2.24, 2.45) is 11.6 Å². The second kappa shape index (κ2) is 5.28. The maximum absolute atomic E-state index is 6.13. The highest BCUT2D eigenvalue weighted by Gasteiger charge is 2.19. The van der Waals surface area contributed by atoms with Crippen LogP contribution < -0.4 is 17.0 Å². The molecule has 0 atom stereocenters. The van der Waals surface area contributed by atoms with Gasteiger partial charge in [-0.3, -0.25) is 5.84 Å². The predicted molar refractivity (Wildman–Crippen MR) is 88.3 cm³/mol. The Labute approximate surface area is 128 Å². The van der Waals surface area contributed by atoms with Gasteiger partial charge in [-0.05, 0) is 58.5 Å². The summed E-state index contributed by atoms with van der Waals surface area (Å²) >= 11 is 6.07. The van der Waals surface area contributed by atoms with E-state index in [1.807, 2.05) is 18.2 Å². The second-order valence-electron chi connectivity index (χ2n) is 5.03. The topological polar surface area (TPSA) is 64.1 Å². The van der Waals surface area contributed by atoms with Gasteiger partial charge in [0.25, 0.3) is 0 Å². The number of fused-ring (bicyclic) bond motifs is 3. The number of hydrogen-bond donors (Lipinski definition) is 3. The Morgan fingerprint density at radius 2 is 1.81 bits per heavy atom. The molecule has 0 spiro atoms. The van der Waals surface area contributed by atoms with Crippen LogP contribution in [0.5, 0.6) is 0 Å². The summed E-state index contributed by atoms with van der Waals surface area (Å²) in [6.45, 7) is 3.70. The lowest BCUT2D eigenvalue weighted by atomic mass is 10.0. The molecule has 0 heterocycles. The zero-order chi connectivity index (χ0) is 15.0. The highest BCUT2D eigenvalue weighted by Crippen LogP contribution is 2.38. The molecule has 0 unspecified atom stereocenters. The van der Waals surface area contributed by atoms with Crippen LogP contribution in [0.4, 0.5) is 0 Å².